The number of carbonyl (C=O) groups excluding carboxylic acids is 2. The number of halogens is 1. The smallest absolute Gasteiger partial charge is 0.412 e. The second kappa shape index (κ2) is 10.6. The Balaban J connectivity index is 1.59. The average molecular weight is 506 g/mol. The SMILES string of the molecule is CC(C)(C)OC(=O)Nc1cc(C#N)cc(N2CCN(C3COC3)C(C(=O)N3CCOCC3)C2)c1Cl. The van der Waals surface area contributed by atoms with E-state index in [9.17, 15) is 14.9 Å². The van der Waals surface area contributed by atoms with Crippen LogP contribution in [-0.4, -0.2) is 98.6 Å². The number of nitrogens with one attached hydrogen (secondary N) is 1. The van der Waals surface area contributed by atoms with E-state index in [0.717, 1.165) is 0 Å². The summed E-state index contributed by atoms with van der Waals surface area (Å²) in [6.07, 6.45) is -0.657. The quantitative estimate of drug-likeness (QED) is 0.664. The predicted molar refractivity (Wildman–Crippen MR) is 131 cm³/mol. The van der Waals surface area contributed by atoms with Gasteiger partial charge in [0.05, 0.1) is 60.5 Å². The van der Waals surface area contributed by atoms with E-state index in [-0.39, 0.29) is 18.0 Å². The molecular formula is C24H32ClN5O5. The number of morpholine rings is 1. The number of nitrogens with zero attached hydrogens (tertiary/aromatic N) is 4. The van der Waals surface area contributed by atoms with Crippen molar-refractivity contribution in [3.63, 3.8) is 0 Å². The molecule has 0 bridgehead atoms. The number of amides is 2. The predicted octanol–water partition coefficient (Wildman–Crippen LogP) is 2.31. The lowest BCUT2D eigenvalue weighted by molar-refractivity contribution is -0.148. The number of anilines is 2. The summed E-state index contributed by atoms with van der Waals surface area (Å²) in [6.45, 7) is 10.4. The Kier molecular flexibility index (Phi) is 7.71. The number of hydrogen-bond acceptors (Lipinski definition) is 8. The molecule has 3 fully saturated rings. The van der Waals surface area contributed by atoms with Gasteiger partial charge in [-0.2, -0.15) is 5.26 Å². The van der Waals surface area contributed by atoms with Gasteiger partial charge in [0.2, 0.25) is 5.91 Å². The molecule has 2 amide bonds. The van der Waals surface area contributed by atoms with Gasteiger partial charge >= 0.3 is 6.09 Å². The molecule has 1 aromatic carbocycles. The average Bonchev–Trinajstić information content (AvgIpc) is 2.78. The fourth-order valence-electron chi connectivity index (χ4n) is 4.49. The van der Waals surface area contributed by atoms with Crippen molar-refractivity contribution in [1.29, 1.82) is 5.26 Å². The van der Waals surface area contributed by atoms with Gasteiger partial charge in [-0.1, -0.05) is 11.6 Å². The van der Waals surface area contributed by atoms with E-state index in [1.807, 2.05) is 9.80 Å². The normalized spacial score (nSPS) is 21.7. The van der Waals surface area contributed by atoms with Crippen molar-refractivity contribution in [1.82, 2.24) is 9.80 Å². The summed E-state index contributed by atoms with van der Waals surface area (Å²) in [6, 6.07) is 5.18. The van der Waals surface area contributed by atoms with E-state index in [1.165, 1.54) is 6.07 Å². The van der Waals surface area contributed by atoms with E-state index < -0.39 is 11.7 Å². The van der Waals surface area contributed by atoms with Crippen molar-refractivity contribution < 1.29 is 23.8 Å². The van der Waals surface area contributed by atoms with Crippen LogP contribution < -0.4 is 10.2 Å². The minimum Gasteiger partial charge on any atom is -0.444 e. The summed E-state index contributed by atoms with van der Waals surface area (Å²) in [5.74, 6) is 0.0598. The molecule has 190 valence electrons. The molecular weight excluding hydrogens is 474 g/mol. The number of benzene rings is 1. The zero-order valence-corrected chi connectivity index (χ0v) is 21.1. The first-order chi connectivity index (χ1) is 16.7. The molecule has 3 saturated heterocycles. The van der Waals surface area contributed by atoms with Crippen LogP contribution in [0.1, 0.15) is 26.3 Å². The fourth-order valence-corrected chi connectivity index (χ4v) is 4.77. The van der Waals surface area contributed by atoms with Crippen LogP contribution in [-0.2, 0) is 19.0 Å². The van der Waals surface area contributed by atoms with Gasteiger partial charge in [-0.3, -0.25) is 15.0 Å². The van der Waals surface area contributed by atoms with Gasteiger partial charge in [0.15, 0.2) is 0 Å². The molecule has 0 spiro atoms. The third-order valence-electron chi connectivity index (χ3n) is 6.28. The van der Waals surface area contributed by atoms with Crippen LogP contribution in [0.15, 0.2) is 12.1 Å². The van der Waals surface area contributed by atoms with Crippen LogP contribution in [0, 0.1) is 11.3 Å². The first-order valence-electron chi connectivity index (χ1n) is 11.8. The molecule has 0 saturated carbocycles. The summed E-state index contributed by atoms with van der Waals surface area (Å²) in [5.41, 5.74) is 0.559. The highest BCUT2D eigenvalue weighted by Gasteiger charge is 2.41. The van der Waals surface area contributed by atoms with Crippen LogP contribution in [0.4, 0.5) is 16.2 Å². The van der Waals surface area contributed by atoms with Crippen molar-refractivity contribution in [3.05, 3.63) is 22.7 Å². The van der Waals surface area contributed by atoms with Crippen LogP contribution in [0.2, 0.25) is 5.02 Å². The van der Waals surface area contributed by atoms with Gasteiger partial charge in [0.1, 0.15) is 11.6 Å². The molecule has 1 atom stereocenters. The number of nitriles is 1. The highest BCUT2D eigenvalue weighted by Crippen LogP contribution is 2.36. The zero-order valence-electron chi connectivity index (χ0n) is 20.4. The Hall–Kier alpha value is -2.58. The number of piperazine rings is 1. The van der Waals surface area contributed by atoms with E-state index in [4.69, 9.17) is 25.8 Å². The van der Waals surface area contributed by atoms with Crippen molar-refractivity contribution in [2.45, 2.75) is 38.5 Å². The van der Waals surface area contributed by atoms with Crippen molar-refractivity contribution in [3.8, 4) is 6.07 Å². The Labute approximate surface area is 210 Å². The Morgan fingerprint density at radius 3 is 2.46 bits per heavy atom. The van der Waals surface area contributed by atoms with Gasteiger partial charge in [0, 0.05) is 32.7 Å². The van der Waals surface area contributed by atoms with Crippen LogP contribution >= 0.6 is 11.6 Å². The second-order valence-electron chi connectivity index (χ2n) is 9.92. The number of rotatable bonds is 4. The maximum Gasteiger partial charge on any atom is 0.412 e. The number of hydrogen-bond donors (Lipinski definition) is 1. The Bertz CT molecular complexity index is 997. The highest BCUT2D eigenvalue weighted by molar-refractivity contribution is 6.36. The summed E-state index contributed by atoms with van der Waals surface area (Å²) >= 11 is 6.73. The molecule has 3 heterocycles. The van der Waals surface area contributed by atoms with Crippen molar-refractivity contribution >= 4 is 35.0 Å². The standard InChI is InChI=1S/C24H32ClN5O5/c1-24(2,3)35-23(32)27-18-10-16(12-26)11-19(21(18)25)29-4-5-30(17-14-34-15-17)20(13-29)22(31)28-6-8-33-9-7-28/h10-11,17,20H,4-9,13-15H2,1-3H3,(H,27,32). The third-order valence-corrected chi connectivity index (χ3v) is 6.68. The number of ether oxygens (including phenoxy) is 3. The van der Waals surface area contributed by atoms with Crippen molar-refractivity contribution in [2.75, 3.05) is 69.4 Å². The first kappa shape index (κ1) is 25.5. The molecule has 3 aliphatic rings. The molecule has 1 aromatic rings. The summed E-state index contributed by atoms with van der Waals surface area (Å²) in [7, 11) is 0. The molecule has 10 nitrogen and oxygen atoms in total. The molecule has 1 unspecified atom stereocenters. The topological polar surface area (TPSA) is 107 Å². The number of carbonyl (C=O) groups is 2. The zero-order chi connectivity index (χ0) is 25.2. The van der Waals surface area contributed by atoms with E-state index in [1.54, 1.807) is 26.8 Å². The van der Waals surface area contributed by atoms with E-state index in [0.29, 0.717) is 81.1 Å². The molecule has 4 rings (SSSR count). The molecule has 11 heteroatoms. The van der Waals surface area contributed by atoms with Crippen molar-refractivity contribution in [2.24, 2.45) is 0 Å². The molecule has 0 aliphatic carbocycles. The molecule has 0 radical (unpaired) electrons. The van der Waals surface area contributed by atoms with Gasteiger partial charge in [-0.25, -0.2) is 4.79 Å². The molecule has 35 heavy (non-hydrogen) atoms. The Morgan fingerprint density at radius 1 is 1.14 bits per heavy atom. The highest BCUT2D eigenvalue weighted by atomic mass is 35.5. The fraction of sp³-hybridized carbons (Fsp3) is 0.625. The first-order valence-corrected chi connectivity index (χ1v) is 12.2. The maximum atomic E-state index is 13.5. The van der Waals surface area contributed by atoms with Crippen LogP contribution in [0.5, 0.6) is 0 Å². The summed E-state index contributed by atoms with van der Waals surface area (Å²) in [5, 5.41) is 12.6. The minimum absolute atomic E-state index is 0.0598. The van der Waals surface area contributed by atoms with Gasteiger partial charge in [-0.05, 0) is 32.9 Å². The minimum atomic E-state index is -0.680. The lowest BCUT2D eigenvalue weighted by Crippen LogP contribution is -2.66. The van der Waals surface area contributed by atoms with E-state index >= 15 is 0 Å². The largest absolute Gasteiger partial charge is 0.444 e. The lowest BCUT2D eigenvalue weighted by atomic mass is 10.0. The maximum absolute atomic E-state index is 13.5. The molecule has 1 N–H and O–H groups in total. The van der Waals surface area contributed by atoms with Gasteiger partial charge in [0.25, 0.3) is 0 Å². The molecule has 0 aromatic heterocycles. The van der Waals surface area contributed by atoms with Gasteiger partial charge < -0.3 is 24.0 Å². The van der Waals surface area contributed by atoms with Gasteiger partial charge in [-0.15, -0.1) is 0 Å². The van der Waals surface area contributed by atoms with Crippen LogP contribution in [0.25, 0.3) is 0 Å². The summed E-state index contributed by atoms with van der Waals surface area (Å²) in [4.78, 5) is 32.0. The monoisotopic (exact) mass is 505 g/mol. The summed E-state index contributed by atoms with van der Waals surface area (Å²) < 4.78 is 16.2. The Morgan fingerprint density at radius 2 is 1.86 bits per heavy atom. The van der Waals surface area contributed by atoms with E-state index in [2.05, 4.69) is 16.3 Å². The third kappa shape index (κ3) is 5.98. The lowest BCUT2D eigenvalue weighted by Gasteiger charge is -2.48. The van der Waals surface area contributed by atoms with Crippen LogP contribution in [0.3, 0.4) is 0 Å². The second-order valence-corrected chi connectivity index (χ2v) is 10.3. The molecule has 3 aliphatic heterocycles.